The Bertz CT molecular complexity index is 3740. The van der Waals surface area contributed by atoms with Crippen molar-refractivity contribution in [1.82, 2.24) is 5.32 Å². The molecule has 0 aliphatic carbocycles. The number of hydrogen-bond donors (Lipinski definition) is 1. The number of amides is 1. The van der Waals surface area contributed by atoms with E-state index in [1.54, 1.807) is 48.5 Å². The maximum atomic E-state index is 14.8. The predicted molar refractivity (Wildman–Crippen MR) is 355 cm³/mol. The first-order valence-electron chi connectivity index (χ1n) is 30.9. The summed E-state index contributed by atoms with van der Waals surface area (Å²) in [5, 5.41) is 6.91. The van der Waals surface area contributed by atoms with Crippen LogP contribution in [0.2, 0.25) is 5.04 Å². The minimum Gasteiger partial charge on any atom is -0.459 e. The van der Waals surface area contributed by atoms with Crippen molar-refractivity contribution < 1.29 is 56.7 Å². The lowest BCUT2D eigenvalue weighted by atomic mass is 9.94. The van der Waals surface area contributed by atoms with Crippen LogP contribution in [0.4, 0.5) is 0 Å². The van der Waals surface area contributed by atoms with Gasteiger partial charge in [-0.25, -0.2) is 9.59 Å². The van der Waals surface area contributed by atoms with Crippen molar-refractivity contribution in [3.8, 4) is 0 Å². The first-order valence-corrected chi connectivity index (χ1v) is 33.7. The fourth-order valence-corrected chi connectivity index (χ4v) is 17.7. The molecule has 468 valence electrons. The molecule has 13 nitrogen and oxygen atoms in total. The molecular formula is C76H77NO12SSi. The molecule has 0 saturated carbocycles. The molecular weight excluding hydrogens is 1180 g/mol. The number of thioether (sulfide) groups is 1. The van der Waals surface area contributed by atoms with Gasteiger partial charge in [-0.05, 0) is 92.3 Å². The van der Waals surface area contributed by atoms with Gasteiger partial charge in [0.05, 0.1) is 37.6 Å². The Balaban J connectivity index is 1.07. The number of carbonyl (C=O) groups is 3. The molecule has 1 amide bonds. The summed E-state index contributed by atoms with van der Waals surface area (Å²) in [5.74, 6) is -1.61. The van der Waals surface area contributed by atoms with Crippen molar-refractivity contribution in [2.24, 2.45) is 0 Å². The smallest absolute Gasteiger partial charge is 0.338 e. The molecule has 2 fully saturated rings. The van der Waals surface area contributed by atoms with Gasteiger partial charge in [0.2, 0.25) is 5.91 Å². The number of fused-ring (bicyclic) bond motifs is 1. The lowest BCUT2D eigenvalue weighted by Gasteiger charge is -2.51. The van der Waals surface area contributed by atoms with Crippen LogP contribution in [0.3, 0.4) is 0 Å². The maximum Gasteiger partial charge on any atom is 0.338 e. The Hall–Kier alpha value is -8.06. The van der Waals surface area contributed by atoms with Gasteiger partial charge in [0.25, 0.3) is 8.32 Å². The van der Waals surface area contributed by atoms with E-state index >= 15 is 0 Å². The maximum absolute atomic E-state index is 14.8. The summed E-state index contributed by atoms with van der Waals surface area (Å²) in [6, 6.07) is 78.8. The van der Waals surface area contributed by atoms with E-state index < -0.39 is 91.7 Å². The highest BCUT2D eigenvalue weighted by atomic mass is 32.2. The number of nitrogens with one attached hydrogen (secondary N) is 1. The number of carbonyl (C=O) groups excluding carboxylic acids is 3. The Morgan fingerprint density at radius 2 is 0.989 bits per heavy atom. The summed E-state index contributed by atoms with van der Waals surface area (Å²) < 4.78 is 64.8. The second kappa shape index (κ2) is 30.4. The van der Waals surface area contributed by atoms with Crippen LogP contribution in [-0.2, 0) is 66.9 Å². The van der Waals surface area contributed by atoms with E-state index in [0.717, 1.165) is 48.3 Å². The summed E-state index contributed by atoms with van der Waals surface area (Å²) in [6.07, 6.45) is -9.12. The molecule has 15 heteroatoms. The highest BCUT2D eigenvalue weighted by molar-refractivity contribution is 7.99. The van der Waals surface area contributed by atoms with Crippen molar-refractivity contribution in [2.75, 3.05) is 13.2 Å². The van der Waals surface area contributed by atoms with Gasteiger partial charge < -0.3 is 47.6 Å². The van der Waals surface area contributed by atoms with Crippen molar-refractivity contribution >= 4 is 59.1 Å². The fraction of sp³-hybridized carbons (Fsp3) is 0.276. The zero-order valence-corrected chi connectivity index (χ0v) is 53.6. The van der Waals surface area contributed by atoms with Crippen molar-refractivity contribution in [1.29, 1.82) is 0 Å². The Labute approximate surface area is 538 Å². The lowest BCUT2D eigenvalue weighted by Crippen LogP contribution is -2.70. The molecule has 2 saturated heterocycles. The normalized spacial score (nSPS) is 21.8. The van der Waals surface area contributed by atoms with E-state index in [2.05, 4.69) is 62.5 Å². The molecule has 2 aliphatic rings. The van der Waals surface area contributed by atoms with E-state index in [9.17, 15) is 14.4 Å². The topological polar surface area (TPSA) is 146 Å². The number of benzene rings is 9. The first-order chi connectivity index (χ1) is 44.3. The monoisotopic (exact) mass is 1260 g/mol. The average molecular weight is 1260 g/mol. The van der Waals surface area contributed by atoms with Crippen LogP contribution < -0.4 is 15.7 Å². The van der Waals surface area contributed by atoms with E-state index in [1.165, 1.54) is 18.7 Å². The lowest BCUT2D eigenvalue weighted by molar-refractivity contribution is -0.329. The van der Waals surface area contributed by atoms with Crippen LogP contribution in [0.25, 0.3) is 10.8 Å². The summed E-state index contributed by atoms with van der Waals surface area (Å²) >= 11 is 1.40. The first kappa shape index (κ1) is 64.5. The van der Waals surface area contributed by atoms with Gasteiger partial charge in [-0.15, -0.1) is 0 Å². The summed E-state index contributed by atoms with van der Waals surface area (Å²) in [4.78, 5) is 43.8. The minimum atomic E-state index is -3.35. The fourth-order valence-electron chi connectivity index (χ4n) is 12.0. The van der Waals surface area contributed by atoms with Crippen molar-refractivity contribution in [3.05, 3.63) is 282 Å². The van der Waals surface area contributed by atoms with E-state index in [1.807, 2.05) is 171 Å². The van der Waals surface area contributed by atoms with Gasteiger partial charge in [0, 0.05) is 11.8 Å². The van der Waals surface area contributed by atoms with Gasteiger partial charge in [0.15, 0.2) is 12.4 Å². The predicted octanol–water partition coefficient (Wildman–Crippen LogP) is 13.0. The molecule has 9 aromatic carbocycles. The molecule has 1 N–H and O–H groups in total. The summed E-state index contributed by atoms with van der Waals surface area (Å²) in [7, 11) is -3.35. The number of rotatable bonds is 24. The quantitative estimate of drug-likeness (QED) is 0.0453. The zero-order chi connectivity index (χ0) is 63.2. The number of ether oxygens (including phenoxy) is 8. The van der Waals surface area contributed by atoms with Crippen LogP contribution >= 0.6 is 11.8 Å². The number of hydrogen-bond acceptors (Lipinski definition) is 13. The van der Waals surface area contributed by atoms with E-state index in [4.69, 9.17) is 42.3 Å². The zero-order valence-electron chi connectivity index (χ0n) is 51.8. The molecule has 0 aromatic heterocycles. The average Bonchev–Trinajstić information content (AvgIpc) is 0.776. The molecule has 2 heterocycles. The molecule has 11 rings (SSSR count). The van der Waals surface area contributed by atoms with Gasteiger partial charge in [-0.3, -0.25) is 4.79 Å². The largest absolute Gasteiger partial charge is 0.459 e. The second-order valence-electron chi connectivity index (χ2n) is 24.0. The summed E-state index contributed by atoms with van der Waals surface area (Å²) in [6.45, 7) is 9.93. The highest BCUT2D eigenvalue weighted by Gasteiger charge is 2.57. The third kappa shape index (κ3) is 16.0. The third-order valence-electron chi connectivity index (χ3n) is 16.5. The van der Waals surface area contributed by atoms with Crippen LogP contribution in [0.5, 0.6) is 0 Å². The Kier molecular flexibility index (Phi) is 21.5. The highest BCUT2D eigenvalue weighted by Crippen LogP contribution is 2.43. The molecule has 0 bridgehead atoms. The van der Waals surface area contributed by atoms with Crippen molar-refractivity contribution in [2.45, 2.75) is 125 Å². The molecule has 9 aromatic rings. The van der Waals surface area contributed by atoms with Gasteiger partial charge in [-0.1, -0.05) is 244 Å². The molecule has 10 atom stereocenters. The third-order valence-corrected chi connectivity index (χ3v) is 22.7. The summed E-state index contributed by atoms with van der Waals surface area (Å²) in [5.41, 5.74) is 3.35. The number of esters is 2. The standard InChI is InChI=1S/C76H77NO12SSi/c1-52-40-44-61(45-41-52)90-75-71(88-73(80)59-33-18-9-19-34-59)70(83-48-55-28-14-7-15-29-55)68(65(87-75)51-85-91(76(3,4)5,62-36-20-10-21-37-62)63-38-22-11-23-39-63)89-74-66(77-53(2)78)69(82-47-54-26-12-6-13-27-54)67(64(86-74)50-84-72(79)58-31-16-8-17-32-58)81-49-56-42-43-57-30-24-25-35-60(57)46-56/h6-46,64-71,74-75H,47-51H2,1-5H3,(H,77,78)/t64-,65-,66-,67-,68-,69-,70+,71-,74-,75+/m1/s1. The van der Waals surface area contributed by atoms with E-state index in [-0.39, 0.29) is 33.0 Å². The molecule has 2 aliphatic heterocycles. The molecule has 91 heavy (non-hydrogen) atoms. The SMILES string of the molecule is CC(=O)N[C@H]1[C@@H](O[C@H]2[C@H](OCc3ccccc3)[C@@H](OC(=O)c3ccccc3)[C@H](Sc3ccc(C)cc3)O[C@@H]2CO[Si](c2ccccc2)(c2ccccc2)C(C)(C)C)O[C@H](COC(=O)c2ccccc2)[C@@H](OCc2ccc3ccccc3c2)[C@@H]1OCc1ccccc1. The molecule has 0 radical (unpaired) electrons. The van der Waals surface area contributed by atoms with Crippen LogP contribution in [-0.4, -0.2) is 99.9 Å². The van der Waals surface area contributed by atoms with Gasteiger partial charge >= 0.3 is 11.9 Å². The van der Waals surface area contributed by atoms with Crippen molar-refractivity contribution in [3.63, 3.8) is 0 Å². The van der Waals surface area contributed by atoms with Crippen LogP contribution in [0.1, 0.15) is 70.7 Å². The molecule has 0 spiro atoms. The Morgan fingerprint density at radius 3 is 1.56 bits per heavy atom. The number of aryl methyl sites for hydroxylation is 1. The van der Waals surface area contributed by atoms with E-state index in [0.29, 0.717) is 11.1 Å². The second-order valence-corrected chi connectivity index (χ2v) is 29.5. The molecule has 0 unspecified atom stereocenters. The minimum absolute atomic E-state index is 0.0567. The van der Waals surface area contributed by atoms with Crippen LogP contribution in [0.15, 0.2) is 254 Å². The van der Waals surface area contributed by atoms with Gasteiger partial charge in [0.1, 0.15) is 54.7 Å². The van der Waals surface area contributed by atoms with Gasteiger partial charge in [-0.2, -0.15) is 0 Å². The van der Waals surface area contributed by atoms with Crippen LogP contribution in [0, 0.1) is 6.92 Å². The Morgan fingerprint density at radius 1 is 0.495 bits per heavy atom.